The van der Waals surface area contributed by atoms with Crippen LogP contribution in [0.5, 0.6) is 11.5 Å². The van der Waals surface area contributed by atoms with Crippen molar-refractivity contribution < 1.29 is 19.1 Å². The monoisotopic (exact) mass is 382 g/mol. The van der Waals surface area contributed by atoms with E-state index in [2.05, 4.69) is 5.32 Å². The molecule has 0 saturated carbocycles. The number of carbonyl (C=O) groups excluding carboxylic acids is 2. The average molecular weight is 382 g/mol. The molecule has 2 aromatic rings. The number of benzene rings is 2. The van der Waals surface area contributed by atoms with Crippen LogP contribution < -0.4 is 14.8 Å². The normalized spacial score (nSPS) is 16.7. The summed E-state index contributed by atoms with van der Waals surface area (Å²) in [6.07, 6.45) is 0.727. The molecule has 1 heterocycles. The highest BCUT2D eigenvalue weighted by atomic mass is 16.5. The van der Waals surface area contributed by atoms with E-state index in [0.29, 0.717) is 23.6 Å². The molecule has 3 rings (SSSR count). The second-order valence-corrected chi connectivity index (χ2v) is 6.92. The van der Waals surface area contributed by atoms with Crippen molar-refractivity contribution in [3.05, 3.63) is 59.2 Å². The van der Waals surface area contributed by atoms with Gasteiger partial charge in [-0.15, -0.1) is 0 Å². The predicted molar refractivity (Wildman–Crippen MR) is 107 cm³/mol. The molecule has 0 aromatic heterocycles. The molecule has 2 aromatic carbocycles. The highest BCUT2D eigenvalue weighted by Gasteiger charge is 2.32. The fourth-order valence-electron chi connectivity index (χ4n) is 3.63. The Labute approximate surface area is 165 Å². The maximum absolute atomic E-state index is 13.0. The molecule has 2 amide bonds. The quantitative estimate of drug-likeness (QED) is 0.863. The fraction of sp³-hybridized carbons (Fsp3) is 0.364. The van der Waals surface area contributed by atoms with E-state index in [9.17, 15) is 9.59 Å². The number of hydrogen-bond donors (Lipinski definition) is 1. The van der Waals surface area contributed by atoms with Crippen LogP contribution >= 0.6 is 0 Å². The van der Waals surface area contributed by atoms with E-state index in [0.717, 1.165) is 17.5 Å². The lowest BCUT2D eigenvalue weighted by Crippen LogP contribution is -2.49. The molecule has 0 bridgehead atoms. The summed E-state index contributed by atoms with van der Waals surface area (Å²) in [5, 5.41) is 2.80. The summed E-state index contributed by atoms with van der Waals surface area (Å²) in [4.78, 5) is 27.2. The Kier molecular flexibility index (Phi) is 5.87. The van der Waals surface area contributed by atoms with Gasteiger partial charge in [0.15, 0.2) is 11.5 Å². The van der Waals surface area contributed by atoms with E-state index >= 15 is 0 Å². The third-order valence-electron chi connectivity index (χ3n) is 5.22. The van der Waals surface area contributed by atoms with Gasteiger partial charge in [0.2, 0.25) is 5.91 Å². The molecule has 0 aliphatic carbocycles. The Hall–Kier alpha value is -3.02. The molecule has 6 nitrogen and oxygen atoms in total. The van der Waals surface area contributed by atoms with Gasteiger partial charge in [-0.1, -0.05) is 18.2 Å². The number of ether oxygens (including phenoxy) is 2. The summed E-state index contributed by atoms with van der Waals surface area (Å²) in [6.45, 7) is 4.31. The minimum atomic E-state index is -0.614. The predicted octanol–water partition coefficient (Wildman–Crippen LogP) is 2.97. The molecule has 1 N–H and O–H groups in total. The molecular formula is C22H26N2O4. The van der Waals surface area contributed by atoms with E-state index in [-0.39, 0.29) is 17.9 Å². The van der Waals surface area contributed by atoms with Gasteiger partial charge in [-0.2, -0.15) is 0 Å². The average Bonchev–Trinajstić information content (AvgIpc) is 2.73. The van der Waals surface area contributed by atoms with Gasteiger partial charge in [-0.05, 0) is 55.7 Å². The Morgan fingerprint density at radius 1 is 1.11 bits per heavy atom. The molecule has 0 fully saturated rings. The molecule has 0 saturated heterocycles. The lowest BCUT2D eigenvalue weighted by Gasteiger charge is -2.37. The maximum Gasteiger partial charge on any atom is 0.251 e. The summed E-state index contributed by atoms with van der Waals surface area (Å²) in [5.41, 5.74) is 2.73. The van der Waals surface area contributed by atoms with Gasteiger partial charge < -0.3 is 19.7 Å². The van der Waals surface area contributed by atoms with Crippen LogP contribution in [-0.4, -0.2) is 43.5 Å². The summed E-state index contributed by atoms with van der Waals surface area (Å²) < 4.78 is 10.8. The Bertz CT molecular complexity index is 866. The van der Waals surface area contributed by atoms with Crippen LogP contribution in [0.4, 0.5) is 0 Å². The zero-order valence-corrected chi connectivity index (χ0v) is 16.7. The van der Waals surface area contributed by atoms with Gasteiger partial charge >= 0.3 is 0 Å². The standard InChI is InChI=1S/C22H26N2O4/c1-14(23-21(25)16-8-6-5-7-9-16)22(26)24-11-10-17-12-19(27-3)20(28-4)13-18(17)15(24)2/h5-9,12-15H,10-11H2,1-4H3,(H,23,25)/t14-,15?/m0/s1. The molecule has 148 valence electrons. The summed E-state index contributed by atoms with van der Waals surface area (Å²) in [7, 11) is 3.21. The van der Waals surface area contributed by atoms with Gasteiger partial charge in [0.1, 0.15) is 6.04 Å². The Balaban J connectivity index is 1.75. The summed E-state index contributed by atoms with van der Waals surface area (Å²) in [5.74, 6) is 0.986. The van der Waals surface area contributed by atoms with Crippen molar-refractivity contribution in [2.45, 2.75) is 32.4 Å². The molecule has 28 heavy (non-hydrogen) atoms. The first-order chi connectivity index (χ1) is 13.5. The van der Waals surface area contributed by atoms with Gasteiger partial charge in [0, 0.05) is 12.1 Å². The number of fused-ring (bicyclic) bond motifs is 1. The summed E-state index contributed by atoms with van der Waals surface area (Å²) in [6, 6.07) is 12.1. The Morgan fingerprint density at radius 2 is 1.75 bits per heavy atom. The van der Waals surface area contributed by atoms with Crippen molar-refractivity contribution in [1.82, 2.24) is 10.2 Å². The number of amides is 2. The molecular weight excluding hydrogens is 356 g/mol. The van der Waals surface area contributed by atoms with Crippen LogP contribution in [0.3, 0.4) is 0 Å². The minimum Gasteiger partial charge on any atom is -0.493 e. The fourth-order valence-corrected chi connectivity index (χ4v) is 3.63. The van der Waals surface area contributed by atoms with Crippen molar-refractivity contribution in [1.29, 1.82) is 0 Å². The van der Waals surface area contributed by atoms with Crippen LogP contribution in [0.15, 0.2) is 42.5 Å². The van der Waals surface area contributed by atoms with E-state index in [4.69, 9.17) is 9.47 Å². The van der Waals surface area contributed by atoms with Gasteiger partial charge in [-0.3, -0.25) is 9.59 Å². The first-order valence-electron chi connectivity index (χ1n) is 9.37. The van der Waals surface area contributed by atoms with E-state index in [1.165, 1.54) is 0 Å². The van der Waals surface area contributed by atoms with Crippen LogP contribution in [-0.2, 0) is 11.2 Å². The molecule has 2 atom stereocenters. The van der Waals surface area contributed by atoms with Gasteiger partial charge in [0.05, 0.1) is 20.3 Å². The van der Waals surface area contributed by atoms with Crippen molar-refractivity contribution in [3.8, 4) is 11.5 Å². The van der Waals surface area contributed by atoms with Crippen LogP contribution in [0.25, 0.3) is 0 Å². The topological polar surface area (TPSA) is 67.9 Å². The highest BCUT2D eigenvalue weighted by Crippen LogP contribution is 2.38. The number of nitrogens with one attached hydrogen (secondary N) is 1. The molecule has 0 radical (unpaired) electrons. The molecule has 1 aliphatic rings. The number of nitrogens with zero attached hydrogens (tertiary/aromatic N) is 1. The SMILES string of the molecule is COc1cc2c(cc1OC)C(C)N(C(=O)[C@H](C)NC(=O)c1ccccc1)CC2. The number of methoxy groups -OCH3 is 2. The van der Waals surface area contributed by atoms with Crippen molar-refractivity contribution in [2.24, 2.45) is 0 Å². The maximum atomic E-state index is 13.0. The van der Waals surface area contributed by atoms with Crippen molar-refractivity contribution in [3.63, 3.8) is 0 Å². The van der Waals surface area contributed by atoms with Crippen LogP contribution in [0.1, 0.15) is 41.4 Å². The van der Waals surface area contributed by atoms with E-state index in [1.807, 2.05) is 30.0 Å². The second-order valence-electron chi connectivity index (χ2n) is 6.92. The van der Waals surface area contributed by atoms with Gasteiger partial charge in [0.25, 0.3) is 5.91 Å². The molecule has 1 aliphatic heterocycles. The minimum absolute atomic E-state index is 0.0998. The lowest BCUT2D eigenvalue weighted by molar-refractivity contribution is -0.135. The van der Waals surface area contributed by atoms with Crippen molar-refractivity contribution >= 4 is 11.8 Å². The zero-order valence-electron chi connectivity index (χ0n) is 16.7. The van der Waals surface area contributed by atoms with Crippen LogP contribution in [0, 0.1) is 0 Å². The second kappa shape index (κ2) is 8.33. The summed E-state index contributed by atoms with van der Waals surface area (Å²) >= 11 is 0. The number of hydrogen-bond acceptors (Lipinski definition) is 4. The smallest absolute Gasteiger partial charge is 0.251 e. The molecule has 6 heteroatoms. The largest absolute Gasteiger partial charge is 0.493 e. The van der Waals surface area contributed by atoms with Crippen LogP contribution in [0.2, 0.25) is 0 Å². The lowest BCUT2D eigenvalue weighted by atomic mass is 9.92. The van der Waals surface area contributed by atoms with E-state index < -0.39 is 6.04 Å². The Morgan fingerprint density at radius 3 is 2.39 bits per heavy atom. The van der Waals surface area contributed by atoms with Gasteiger partial charge in [-0.25, -0.2) is 0 Å². The third-order valence-corrected chi connectivity index (χ3v) is 5.22. The van der Waals surface area contributed by atoms with Crippen molar-refractivity contribution in [2.75, 3.05) is 20.8 Å². The van der Waals surface area contributed by atoms with E-state index in [1.54, 1.807) is 45.4 Å². The first-order valence-corrected chi connectivity index (χ1v) is 9.37. The molecule has 1 unspecified atom stereocenters. The molecule has 0 spiro atoms. The number of carbonyl (C=O) groups is 2. The zero-order chi connectivity index (χ0) is 20.3. The number of rotatable bonds is 5. The first kappa shape index (κ1) is 19.7. The third kappa shape index (κ3) is 3.81. The highest BCUT2D eigenvalue weighted by molar-refractivity contribution is 5.97.